The van der Waals surface area contributed by atoms with Gasteiger partial charge in [0.25, 0.3) is 0 Å². The minimum Gasteiger partial charge on any atom is -0.394 e. The SMILES string of the molecule is Cc1[nH]nc(NC(=O)C2COC(C)C2)c1N. The molecule has 16 heavy (non-hydrogen) atoms. The van der Waals surface area contributed by atoms with Crippen LogP contribution in [0.1, 0.15) is 19.0 Å². The highest BCUT2D eigenvalue weighted by Crippen LogP contribution is 2.23. The Morgan fingerprint density at radius 1 is 1.69 bits per heavy atom. The second-order valence-corrected chi connectivity index (χ2v) is 4.18. The van der Waals surface area contributed by atoms with Crippen molar-refractivity contribution in [2.45, 2.75) is 26.4 Å². The number of H-pyrrole nitrogens is 1. The highest BCUT2D eigenvalue weighted by atomic mass is 16.5. The lowest BCUT2D eigenvalue weighted by atomic mass is 10.1. The highest BCUT2D eigenvalue weighted by Gasteiger charge is 2.29. The number of nitrogen functional groups attached to an aromatic ring is 1. The molecule has 0 bridgehead atoms. The normalized spacial score (nSPS) is 24.6. The summed E-state index contributed by atoms with van der Waals surface area (Å²) in [5.41, 5.74) is 6.98. The summed E-state index contributed by atoms with van der Waals surface area (Å²) in [6.07, 6.45) is 0.892. The number of hydrogen-bond donors (Lipinski definition) is 3. The molecule has 6 heteroatoms. The van der Waals surface area contributed by atoms with Crippen LogP contribution < -0.4 is 11.1 Å². The zero-order valence-electron chi connectivity index (χ0n) is 9.41. The monoisotopic (exact) mass is 224 g/mol. The first-order valence-corrected chi connectivity index (χ1v) is 5.31. The number of nitrogens with zero attached hydrogens (tertiary/aromatic N) is 1. The molecule has 2 atom stereocenters. The van der Waals surface area contributed by atoms with Crippen LogP contribution >= 0.6 is 0 Å². The lowest BCUT2D eigenvalue weighted by Crippen LogP contribution is -2.23. The van der Waals surface area contributed by atoms with Crippen LogP contribution in [0, 0.1) is 12.8 Å². The first kappa shape index (κ1) is 10.9. The quantitative estimate of drug-likeness (QED) is 0.688. The number of nitrogens with two attached hydrogens (primary N) is 1. The number of rotatable bonds is 2. The Morgan fingerprint density at radius 2 is 2.44 bits per heavy atom. The van der Waals surface area contributed by atoms with E-state index in [0.717, 1.165) is 12.1 Å². The van der Waals surface area contributed by atoms with Gasteiger partial charge in [0, 0.05) is 0 Å². The van der Waals surface area contributed by atoms with Crippen LogP contribution in [0.2, 0.25) is 0 Å². The van der Waals surface area contributed by atoms with Gasteiger partial charge < -0.3 is 15.8 Å². The number of carbonyl (C=O) groups is 1. The van der Waals surface area contributed by atoms with Crippen molar-refractivity contribution in [3.05, 3.63) is 5.69 Å². The fourth-order valence-electron chi connectivity index (χ4n) is 1.75. The fraction of sp³-hybridized carbons (Fsp3) is 0.600. The van der Waals surface area contributed by atoms with Gasteiger partial charge in [0.15, 0.2) is 5.82 Å². The summed E-state index contributed by atoms with van der Waals surface area (Å²) >= 11 is 0. The molecule has 1 aliphatic heterocycles. The van der Waals surface area contributed by atoms with E-state index in [1.165, 1.54) is 0 Å². The van der Waals surface area contributed by atoms with Crippen LogP contribution in [0.4, 0.5) is 11.5 Å². The van der Waals surface area contributed by atoms with Crippen LogP contribution in [0.25, 0.3) is 0 Å². The second kappa shape index (κ2) is 4.13. The van der Waals surface area contributed by atoms with Crippen molar-refractivity contribution in [1.82, 2.24) is 10.2 Å². The minimum absolute atomic E-state index is 0.0810. The van der Waals surface area contributed by atoms with Gasteiger partial charge in [-0.2, -0.15) is 5.10 Å². The molecular formula is C10H16N4O2. The van der Waals surface area contributed by atoms with Crippen LogP contribution in [0.5, 0.6) is 0 Å². The maximum absolute atomic E-state index is 11.8. The van der Waals surface area contributed by atoms with E-state index < -0.39 is 0 Å². The van der Waals surface area contributed by atoms with Crippen LogP contribution in [-0.2, 0) is 9.53 Å². The number of carbonyl (C=O) groups excluding carboxylic acids is 1. The topological polar surface area (TPSA) is 93.0 Å². The third-order valence-corrected chi connectivity index (χ3v) is 2.81. The summed E-state index contributed by atoms with van der Waals surface area (Å²) in [6, 6.07) is 0. The van der Waals surface area contributed by atoms with Gasteiger partial charge in [0.2, 0.25) is 5.91 Å². The largest absolute Gasteiger partial charge is 0.394 e. The van der Waals surface area contributed by atoms with Gasteiger partial charge >= 0.3 is 0 Å². The summed E-state index contributed by atoms with van der Waals surface area (Å²) in [7, 11) is 0. The van der Waals surface area contributed by atoms with Gasteiger partial charge in [-0.1, -0.05) is 0 Å². The average Bonchev–Trinajstić information content (AvgIpc) is 2.79. The van der Waals surface area contributed by atoms with E-state index in [1.54, 1.807) is 6.92 Å². The van der Waals surface area contributed by atoms with Gasteiger partial charge in [-0.3, -0.25) is 9.89 Å². The Labute approximate surface area is 93.5 Å². The second-order valence-electron chi connectivity index (χ2n) is 4.18. The molecule has 1 aliphatic rings. The molecule has 0 radical (unpaired) electrons. The standard InChI is InChI=1S/C10H16N4O2/c1-5-3-7(4-16-5)10(15)12-9-8(11)6(2)13-14-9/h5,7H,3-4,11H2,1-2H3,(H2,12,13,14,15). The van der Waals surface area contributed by atoms with Crippen LogP contribution in [0.3, 0.4) is 0 Å². The van der Waals surface area contributed by atoms with E-state index in [4.69, 9.17) is 10.5 Å². The van der Waals surface area contributed by atoms with Crippen molar-refractivity contribution >= 4 is 17.4 Å². The van der Waals surface area contributed by atoms with Gasteiger partial charge in [0.05, 0.1) is 30.0 Å². The molecule has 0 spiro atoms. The van der Waals surface area contributed by atoms with Crippen molar-refractivity contribution in [2.75, 3.05) is 17.7 Å². The molecule has 4 N–H and O–H groups in total. The number of amides is 1. The maximum atomic E-state index is 11.8. The Balaban J connectivity index is 2.00. The minimum atomic E-state index is -0.105. The molecule has 1 amide bonds. The third kappa shape index (κ3) is 2.01. The van der Waals surface area contributed by atoms with E-state index in [9.17, 15) is 4.79 Å². The molecule has 1 saturated heterocycles. The molecule has 2 heterocycles. The highest BCUT2D eigenvalue weighted by molar-refractivity contribution is 5.94. The van der Waals surface area contributed by atoms with E-state index in [-0.39, 0.29) is 17.9 Å². The smallest absolute Gasteiger partial charge is 0.231 e. The molecular weight excluding hydrogens is 208 g/mol. The fourth-order valence-corrected chi connectivity index (χ4v) is 1.75. The summed E-state index contributed by atoms with van der Waals surface area (Å²) in [5.74, 6) is 0.219. The molecule has 0 aromatic carbocycles. The predicted molar refractivity (Wildman–Crippen MR) is 59.9 cm³/mol. The Hall–Kier alpha value is -1.56. The molecule has 88 valence electrons. The molecule has 1 fully saturated rings. The molecule has 2 rings (SSSR count). The zero-order valence-corrected chi connectivity index (χ0v) is 9.41. The average molecular weight is 224 g/mol. The van der Waals surface area contributed by atoms with E-state index >= 15 is 0 Å². The number of ether oxygens (including phenoxy) is 1. The number of aromatic amines is 1. The molecule has 1 aromatic rings. The van der Waals surface area contributed by atoms with Gasteiger partial charge in [-0.15, -0.1) is 0 Å². The lowest BCUT2D eigenvalue weighted by Gasteiger charge is -2.07. The summed E-state index contributed by atoms with van der Waals surface area (Å²) < 4.78 is 5.34. The Bertz CT molecular complexity index is 402. The Morgan fingerprint density at radius 3 is 2.94 bits per heavy atom. The van der Waals surface area contributed by atoms with Crippen molar-refractivity contribution in [3.8, 4) is 0 Å². The van der Waals surface area contributed by atoms with Gasteiger partial charge in [-0.25, -0.2) is 0 Å². The zero-order chi connectivity index (χ0) is 11.7. The number of anilines is 2. The molecule has 0 saturated carbocycles. The van der Waals surface area contributed by atoms with Gasteiger partial charge in [-0.05, 0) is 20.3 Å². The van der Waals surface area contributed by atoms with E-state index in [2.05, 4.69) is 15.5 Å². The Kier molecular flexibility index (Phi) is 2.82. The predicted octanol–water partition coefficient (Wildman–Crippen LogP) is 0.664. The number of aryl methyl sites for hydroxylation is 1. The molecule has 0 aliphatic carbocycles. The van der Waals surface area contributed by atoms with Crippen molar-refractivity contribution in [3.63, 3.8) is 0 Å². The summed E-state index contributed by atoms with van der Waals surface area (Å²) in [5, 5.41) is 9.35. The lowest BCUT2D eigenvalue weighted by molar-refractivity contribution is -0.119. The number of aromatic nitrogens is 2. The summed E-state index contributed by atoms with van der Waals surface area (Å²) in [6.45, 7) is 4.23. The van der Waals surface area contributed by atoms with Crippen LogP contribution in [-0.4, -0.2) is 28.8 Å². The summed E-state index contributed by atoms with van der Waals surface area (Å²) in [4.78, 5) is 11.8. The third-order valence-electron chi connectivity index (χ3n) is 2.81. The van der Waals surface area contributed by atoms with E-state index in [1.807, 2.05) is 6.92 Å². The van der Waals surface area contributed by atoms with E-state index in [0.29, 0.717) is 18.1 Å². The van der Waals surface area contributed by atoms with Crippen molar-refractivity contribution < 1.29 is 9.53 Å². The van der Waals surface area contributed by atoms with Crippen molar-refractivity contribution in [1.29, 1.82) is 0 Å². The molecule has 2 unspecified atom stereocenters. The van der Waals surface area contributed by atoms with Crippen molar-refractivity contribution in [2.24, 2.45) is 5.92 Å². The van der Waals surface area contributed by atoms with Crippen LogP contribution in [0.15, 0.2) is 0 Å². The number of nitrogens with one attached hydrogen (secondary N) is 2. The first-order chi connectivity index (χ1) is 7.58. The molecule has 1 aromatic heterocycles. The van der Waals surface area contributed by atoms with Gasteiger partial charge in [0.1, 0.15) is 0 Å². The maximum Gasteiger partial charge on any atom is 0.231 e. The first-order valence-electron chi connectivity index (χ1n) is 5.31. The number of hydrogen-bond acceptors (Lipinski definition) is 4. The molecule has 6 nitrogen and oxygen atoms in total.